The Morgan fingerprint density at radius 3 is 2.52 bits per heavy atom. The number of hydrogen-bond donors (Lipinski definition) is 0. The van der Waals surface area contributed by atoms with E-state index in [9.17, 15) is 9.59 Å². The highest BCUT2D eigenvalue weighted by molar-refractivity contribution is 5.91. The zero-order valence-corrected chi connectivity index (χ0v) is 17.6. The van der Waals surface area contributed by atoms with Crippen LogP contribution in [0.1, 0.15) is 79.1 Å². The van der Waals surface area contributed by atoms with Gasteiger partial charge in [0, 0.05) is 6.42 Å². The number of fused-ring (bicyclic) bond motifs is 3. The average Bonchev–Trinajstić information content (AvgIpc) is 2.67. The minimum Gasteiger partial charge on any atom is -0.298 e. The molecule has 0 aromatic rings. The summed E-state index contributed by atoms with van der Waals surface area (Å²) in [5, 5.41) is 0. The maximum absolute atomic E-state index is 11.9. The summed E-state index contributed by atoms with van der Waals surface area (Å²) in [5.41, 5.74) is 2.66. The highest BCUT2D eigenvalue weighted by atomic mass is 16.1. The molecule has 3 rings (SSSR count). The van der Waals surface area contributed by atoms with Crippen molar-refractivity contribution in [2.45, 2.75) is 79.1 Å². The van der Waals surface area contributed by atoms with Crippen molar-refractivity contribution in [1.29, 1.82) is 0 Å². The van der Waals surface area contributed by atoms with E-state index in [4.69, 9.17) is 0 Å². The number of allylic oxidation sites excluding steroid dienone is 4. The molecule has 5 atom stereocenters. The van der Waals surface area contributed by atoms with Crippen molar-refractivity contribution in [3.8, 4) is 12.8 Å². The first kappa shape index (κ1) is 21.7. The highest BCUT2D eigenvalue weighted by Crippen LogP contribution is 2.63. The SMILES string of the molecule is C#C.C/C=C(/C=O)C1(C)CCC2C(CCC3=CC(=O)CCC32C)C1CCC. The summed E-state index contributed by atoms with van der Waals surface area (Å²) in [5.74, 6) is 2.27. The Morgan fingerprint density at radius 2 is 1.93 bits per heavy atom. The normalized spacial score (nSPS) is 38.6. The lowest BCUT2D eigenvalue weighted by Crippen LogP contribution is -2.51. The first-order valence-electron chi connectivity index (χ1n) is 10.6. The standard InChI is InChI=1S/C23H34O2.C2H2/c1-5-7-20-19-9-8-17-14-18(25)10-12-23(17,4)21(19)11-13-22(20,3)16(6-2)15-24;1-2/h6,14-15,19-21H,5,7-13H2,1-4H3;1-2H/b16-6-;. The van der Waals surface area contributed by atoms with Crippen LogP contribution in [0.3, 0.4) is 0 Å². The molecule has 2 fully saturated rings. The molecule has 0 aromatic heterocycles. The topological polar surface area (TPSA) is 34.1 Å². The third kappa shape index (κ3) is 3.58. The number of terminal acetylenes is 1. The Balaban J connectivity index is 0.00000126. The largest absolute Gasteiger partial charge is 0.298 e. The zero-order chi connectivity index (χ0) is 20.2. The molecule has 27 heavy (non-hydrogen) atoms. The van der Waals surface area contributed by atoms with Gasteiger partial charge < -0.3 is 0 Å². The Bertz CT molecular complexity index is 652. The van der Waals surface area contributed by atoms with Gasteiger partial charge in [-0.3, -0.25) is 9.59 Å². The molecule has 0 aromatic carbocycles. The van der Waals surface area contributed by atoms with Gasteiger partial charge in [0.2, 0.25) is 0 Å². The molecule has 0 bridgehead atoms. The van der Waals surface area contributed by atoms with E-state index in [1.165, 1.54) is 31.3 Å². The van der Waals surface area contributed by atoms with E-state index in [1.807, 2.05) is 19.1 Å². The van der Waals surface area contributed by atoms with Crippen molar-refractivity contribution in [3.05, 3.63) is 23.3 Å². The molecule has 0 amide bonds. The van der Waals surface area contributed by atoms with Crippen molar-refractivity contribution in [2.24, 2.45) is 28.6 Å². The molecule has 0 radical (unpaired) electrons. The molecule has 5 unspecified atom stereocenters. The summed E-state index contributed by atoms with van der Waals surface area (Å²) in [7, 11) is 0. The fourth-order valence-corrected chi connectivity index (χ4v) is 6.61. The Morgan fingerprint density at radius 1 is 1.22 bits per heavy atom. The third-order valence-electron chi connectivity index (χ3n) is 8.05. The number of ketones is 1. The van der Waals surface area contributed by atoms with Crippen LogP contribution in [-0.2, 0) is 9.59 Å². The molecular weight excluding hydrogens is 332 g/mol. The van der Waals surface area contributed by atoms with Crippen LogP contribution in [0.4, 0.5) is 0 Å². The summed E-state index contributed by atoms with van der Waals surface area (Å²) in [6.45, 7) is 9.05. The van der Waals surface area contributed by atoms with Crippen LogP contribution in [0.15, 0.2) is 23.3 Å². The van der Waals surface area contributed by atoms with Crippen LogP contribution in [0.2, 0.25) is 0 Å². The maximum atomic E-state index is 11.9. The molecule has 0 aliphatic heterocycles. The predicted octanol–water partition coefficient (Wildman–Crippen LogP) is 5.92. The van der Waals surface area contributed by atoms with Gasteiger partial charge in [0.1, 0.15) is 6.29 Å². The minimum absolute atomic E-state index is 0.0236. The molecule has 0 heterocycles. The van der Waals surface area contributed by atoms with Crippen molar-refractivity contribution in [3.63, 3.8) is 0 Å². The van der Waals surface area contributed by atoms with E-state index < -0.39 is 0 Å². The average molecular weight is 369 g/mol. The van der Waals surface area contributed by atoms with Crippen LogP contribution in [0.5, 0.6) is 0 Å². The monoisotopic (exact) mass is 368 g/mol. The first-order valence-corrected chi connectivity index (χ1v) is 10.6. The molecule has 2 heteroatoms. The van der Waals surface area contributed by atoms with Gasteiger partial charge in [-0.2, -0.15) is 0 Å². The summed E-state index contributed by atoms with van der Waals surface area (Å²) in [6, 6.07) is 0. The van der Waals surface area contributed by atoms with Gasteiger partial charge in [-0.05, 0) is 85.7 Å². The van der Waals surface area contributed by atoms with Gasteiger partial charge in [0.15, 0.2) is 5.78 Å². The second-order valence-electron chi connectivity index (χ2n) is 9.08. The fourth-order valence-electron chi connectivity index (χ4n) is 6.61. The van der Waals surface area contributed by atoms with E-state index in [0.717, 1.165) is 31.1 Å². The van der Waals surface area contributed by atoms with Gasteiger partial charge in [-0.25, -0.2) is 0 Å². The van der Waals surface area contributed by atoms with E-state index in [1.54, 1.807) is 0 Å². The van der Waals surface area contributed by atoms with E-state index in [2.05, 4.69) is 33.6 Å². The molecule has 3 aliphatic carbocycles. The van der Waals surface area contributed by atoms with Crippen LogP contribution in [-0.4, -0.2) is 12.1 Å². The molecule has 2 saturated carbocycles. The molecule has 0 saturated heterocycles. The predicted molar refractivity (Wildman–Crippen MR) is 112 cm³/mol. The second kappa shape index (κ2) is 8.59. The summed E-state index contributed by atoms with van der Waals surface area (Å²) in [6.07, 6.45) is 21.8. The Hall–Kier alpha value is -1.62. The molecule has 0 spiro atoms. The zero-order valence-electron chi connectivity index (χ0n) is 17.6. The first-order chi connectivity index (χ1) is 12.9. The molecule has 3 aliphatic rings. The molecule has 148 valence electrons. The van der Waals surface area contributed by atoms with Crippen molar-refractivity contribution in [2.75, 3.05) is 0 Å². The Kier molecular flexibility index (Phi) is 6.90. The smallest absolute Gasteiger partial charge is 0.155 e. The van der Waals surface area contributed by atoms with Crippen LogP contribution >= 0.6 is 0 Å². The van der Waals surface area contributed by atoms with Gasteiger partial charge in [0.05, 0.1) is 0 Å². The molecular formula is C25H36O2. The van der Waals surface area contributed by atoms with Crippen LogP contribution in [0.25, 0.3) is 0 Å². The number of rotatable bonds is 4. The maximum Gasteiger partial charge on any atom is 0.155 e. The van der Waals surface area contributed by atoms with E-state index in [-0.39, 0.29) is 10.8 Å². The van der Waals surface area contributed by atoms with E-state index >= 15 is 0 Å². The quantitative estimate of drug-likeness (QED) is 0.351. The number of carbonyl (C=O) groups excluding carboxylic acids is 2. The van der Waals surface area contributed by atoms with Crippen molar-refractivity contribution in [1.82, 2.24) is 0 Å². The lowest BCUT2D eigenvalue weighted by molar-refractivity contribution is -0.118. The molecule has 0 N–H and O–H groups in total. The lowest BCUT2D eigenvalue weighted by Gasteiger charge is -2.59. The third-order valence-corrected chi connectivity index (χ3v) is 8.05. The molecule has 2 nitrogen and oxygen atoms in total. The van der Waals surface area contributed by atoms with Gasteiger partial charge >= 0.3 is 0 Å². The van der Waals surface area contributed by atoms with Crippen molar-refractivity contribution >= 4 is 12.1 Å². The van der Waals surface area contributed by atoms with Crippen LogP contribution in [0, 0.1) is 41.4 Å². The second-order valence-corrected chi connectivity index (χ2v) is 9.08. The summed E-state index contributed by atoms with van der Waals surface area (Å²) >= 11 is 0. The fraction of sp³-hybridized carbons (Fsp3) is 0.680. The van der Waals surface area contributed by atoms with E-state index in [0.29, 0.717) is 30.0 Å². The van der Waals surface area contributed by atoms with Crippen molar-refractivity contribution < 1.29 is 9.59 Å². The minimum atomic E-state index is 0.0236. The highest BCUT2D eigenvalue weighted by Gasteiger charge is 2.55. The lowest BCUT2D eigenvalue weighted by atomic mass is 9.45. The summed E-state index contributed by atoms with van der Waals surface area (Å²) < 4.78 is 0. The van der Waals surface area contributed by atoms with Crippen LogP contribution < -0.4 is 0 Å². The number of hydrogen-bond acceptors (Lipinski definition) is 2. The summed E-state index contributed by atoms with van der Waals surface area (Å²) in [4.78, 5) is 23.7. The van der Waals surface area contributed by atoms with Gasteiger partial charge in [-0.1, -0.05) is 38.8 Å². The Labute approximate surface area is 165 Å². The number of aldehydes is 1. The van der Waals surface area contributed by atoms with Gasteiger partial charge in [0.25, 0.3) is 0 Å². The number of carbonyl (C=O) groups is 2. The van der Waals surface area contributed by atoms with Gasteiger partial charge in [-0.15, -0.1) is 12.8 Å².